The molecule has 0 heterocycles. The highest BCUT2D eigenvalue weighted by atomic mass is 16.5. The Labute approximate surface area is 110 Å². The molecule has 18 heavy (non-hydrogen) atoms. The third-order valence-electron chi connectivity index (χ3n) is 1.86. The quantitative estimate of drug-likeness (QED) is 0.326. The van der Waals surface area contributed by atoms with Gasteiger partial charge in [0.2, 0.25) is 0 Å². The first-order valence-electron chi connectivity index (χ1n) is 6.34. The van der Waals surface area contributed by atoms with Crippen molar-refractivity contribution >= 4 is 11.9 Å². The molecule has 0 aliphatic rings. The molecular weight excluding hydrogens is 232 g/mol. The normalized spacial score (nSPS) is 12.0. The molecule has 0 fully saturated rings. The minimum atomic E-state index is -0.633. The molecular formula is C14H20O4. The lowest BCUT2D eigenvalue weighted by Gasteiger charge is -2.15. The van der Waals surface area contributed by atoms with Crippen LogP contribution in [0.15, 0.2) is 12.1 Å². The molecule has 0 rings (SSSR count). The van der Waals surface area contributed by atoms with E-state index in [1.165, 1.54) is 0 Å². The lowest BCUT2D eigenvalue weighted by atomic mass is 9.89. The molecule has 0 saturated carbocycles. The molecule has 100 valence electrons. The van der Waals surface area contributed by atoms with Crippen LogP contribution >= 0.6 is 0 Å². The maximum absolute atomic E-state index is 11.2. The second-order valence-electron chi connectivity index (χ2n) is 4.12. The van der Waals surface area contributed by atoms with Gasteiger partial charge in [-0.2, -0.15) is 0 Å². The minimum absolute atomic E-state index is 0.115. The van der Waals surface area contributed by atoms with Crippen molar-refractivity contribution in [2.24, 2.45) is 5.41 Å². The van der Waals surface area contributed by atoms with E-state index in [0.29, 0.717) is 0 Å². The van der Waals surface area contributed by atoms with Crippen LogP contribution in [0.25, 0.3) is 0 Å². The van der Waals surface area contributed by atoms with Gasteiger partial charge in [0, 0.05) is 18.4 Å². The van der Waals surface area contributed by atoms with Gasteiger partial charge >= 0.3 is 11.9 Å². The van der Waals surface area contributed by atoms with Crippen molar-refractivity contribution in [1.82, 2.24) is 0 Å². The van der Waals surface area contributed by atoms with E-state index >= 15 is 0 Å². The van der Waals surface area contributed by atoms with Gasteiger partial charge in [-0.25, -0.2) is 9.59 Å². The van der Waals surface area contributed by atoms with E-state index in [9.17, 15) is 9.59 Å². The van der Waals surface area contributed by atoms with Crippen LogP contribution in [0.5, 0.6) is 0 Å². The fraction of sp³-hybridized carbons (Fsp3) is 0.571. The predicted molar refractivity (Wildman–Crippen MR) is 68.6 cm³/mol. The van der Waals surface area contributed by atoms with Crippen molar-refractivity contribution in [3.8, 4) is 11.8 Å². The smallest absolute Gasteiger partial charge is 0.384 e. The Balaban J connectivity index is 4.61. The topological polar surface area (TPSA) is 52.6 Å². The lowest BCUT2D eigenvalue weighted by Crippen LogP contribution is -2.08. The molecule has 0 aromatic heterocycles. The Hall–Kier alpha value is -1.76. The van der Waals surface area contributed by atoms with Gasteiger partial charge in [-0.3, -0.25) is 0 Å². The number of ether oxygens (including phenoxy) is 2. The van der Waals surface area contributed by atoms with Crippen LogP contribution in [0.3, 0.4) is 0 Å². The molecule has 0 N–H and O–H groups in total. The highest BCUT2D eigenvalue weighted by Gasteiger charge is 2.13. The van der Waals surface area contributed by atoms with Gasteiger partial charge < -0.3 is 9.47 Å². The van der Waals surface area contributed by atoms with Crippen molar-refractivity contribution < 1.29 is 20.4 Å². The molecule has 0 saturated heterocycles. The molecule has 4 heteroatoms. The Bertz CT molecular complexity index is 413. The number of esters is 2. The van der Waals surface area contributed by atoms with Gasteiger partial charge in [0.25, 0.3) is 0 Å². The predicted octanol–water partition coefficient (Wildman–Crippen LogP) is 2.09. The van der Waals surface area contributed by atoms with E-state index in [1.54, 1.807) is 27.7 Å². The van der Waals surface area contributed by atoms with Gasteiger partial charge in [-0.1, -0.05) is 25.8 Å². The molecule has 0 radical (unpaired) electrons. The van der Waals surface area contributed by atoms with Crippen molar-refractivity contribution in [3.63, 3.8) is 0 Å². The zero-order chi connectivity index (χ0) is 14.9. The van der Waals surface area contributed by atoms with Crippen LogP contribution in [0.2, 0.25) is 0 Å². The molecule has 0 aromatic rings. The fourth-order valence-corrected chi connectivity index (χ4v) is 0.994. The molecule has 0 spiro atoms. The first-order valence-corrected chi connectivity index (χ1v) is 5.84. The summed E-state index contributed by atoms with van der Waals surface area (Å²) in [6.07, 6.45) is 1.41. The average Bonchev–Trinajstić information content (AvgIpc) is 2.29. The molecule has 0 bridgehead atoms. The summed E-state index contributed by atoms with van der Waals surface area (Å²) >= 11 is 0. The molecule has 0 aromatic carbocycles. The van der Waals surface area contributed by atoms with E-state index < -0.39 is 17.4 Å². The number of hydrogen-bond donors (Lipinski definition) is 0. The second kappa shape index (κ2) is 8.35. The average molecular weight is 253 g/mol. The number of carbonyl (C=O) groups is 2. The molecule has 0 aliphatic carbocycles. The second-order valence-corrected chi connectivity index (χ2v) is 4.12. The zero-order valence-electron chi connectivity index (χ0n) is 12.3. The van der Waals surface area contributed by atoms with Gasteiger partial charge in [0.05, 0.1) is 14.6 Å². The standard InChI is InChI=1S/C14H20O4/c1-5-17-12(15)8-7-10-14(3,4)11-9-13(16)18-6-2/h9,11H,5-6,10H2,1-4H3/b11-9+/i11D. The Kier molecular flexibility index (Phi) is 6.63. The third kappa shape index (κ3) is 8.40. The third-order valence-corrected chi connectivity index (χ3v) is 1.86. The summed E-state index contributed by atoms with van der Waals surface area (Å²) in [5.41, 5.74) is -0.633. The molecule has 0 atom stereocenters. The fourth-order valence-electron chi connectivity index (χ4n) is 0.994. The Morgan fingerprint density at radius 2 is 1.89 bits per heavy atom. The summed E-state index contributed by atoms with van der Waals surface area (Å²) < 4.78 is 17.2. The summed E-state index contributed by atoms with van der Waals surface area (Å²) in [4.78, 5) is 22.3. The van der Waals surface area contributed by atoms with Crippen molar-refractivity contribution in [2.45, 2.75) is 34.1 Å². The van der Waals surface area contributed by atoms with Crippen LogP contribution in [0.4, 0.5) is 0 Å². The van der Waals surface area contributed by atoms with Gasteiger partial charge in [-0.05, 0) is 19.3 Å². The molecule has 0 unspecified atom stereocenters. The van der Waals surface area contributed by atoms with Crippen LogP contribution in [0.1, 0.15) is 35.5 Å². The first kappa shape index (κ1) is 14.3. The SMILES string of the molecule is [2H]/C(=C\C(=O)OCC)C(C)(C)CC#CC(=O)OCC. The zero-order valence-corrected chi connectivity index (χ0v) is 11.3. The van der Waals surface area contributed by atoms with E-state index in [-0.39, 0.29) is 25.7 Å². The van der Waals surface area contributed by atoms with Gasteiger partial charge in [0.15, 0.2) is 0 Å². The summed E-state index contributed by atoms with van der Waals surface area (Å²) in [7, 11) is 0. The van der Waals surface area contributed by atoms with Crippen molar-refractivity contribution in [1.29, 1.82) is 0 Å². The Morgan fingerprint density at radius 1 is 1.28 bits per heavy atom. The lowest BCUT2D eigenvalue weighted by molar-refractivity contribution is -0.137. The number of hydrogen-bond acceptors (Lipinski definition) is 4. The van der Waals surface area contributed by atoms with Crippen LogP contribution < -0.4 is 0 Å². The van der Waals surface area contributed by atoms with E-state index in [1.807, 2.05) is 0 Å². The van der Waals surface area contributed by atoms with Crippen LogP contribution in [-0.4, -0.2) is 25.2 Å². The number of carbonyl (C=O) groups excluding carboxylic acids is 2. The van der Waals surface area contributed by atoms with E-state index in [0.717, 1.165) is 6.08 Å². The number of rotatable bonds is 5. The van der Waals surface area contributed by atoms with Gasteiger partial charge in [0.1, 0.15) is 0 Å². The van der Waals surface area contributed by atoms with Gasteiger partial charge in [-0.15, -0.1) is 0 Å². The van der Waals surface area contributed by atoms with E-state index in [4.69, 9.17) is 6.11 Å². The highest BCUT2D eigenvalue weighted by molar-refractivity contribution is 5.88. The summed E-state index contributed by atoms with van der Waals surface area (Å²) in [5, 5.41) is 0. The monoisotopic (exact) mass is 253 g/mol. The minimum Gasteiger partial charge on any atom is -0.463 e. The molecule has 0 aliphatic heterocycles. The summed E-state index contributed by atoms with van der Waals surface area (Å²) in [5.74, 6) is 3.87. The van der Waals surface area contributed by atoms with Crippen molar-refractivity contribution in [2.75, 3.05) is 13.2 Å². The maximum Gasteiger partial charge on any atom is 0.384 e. The molecule has 4 nitrogen and oxygen atoms in total. The summed E-state index contributed by atoms with van der Waals surface area (Å²) in [6, 6.07) is 0.115. The number of allylic oxidation sites excluding steroid dienone is 1. The Morgan fingerprint density at radius 3 is 2.44 bits per heavy atom. The van der Waals surface area contributed by atoms with E-state index in [2.05, 4.69) is 16.6 Å². The first-order chi connectivity index (χ1) is 8.83. The van der Waals surface area contributed by atoms with Crippen molar-refractivity contribution in [3.05, 3.63) is 12.1 Å². The highest BCUT2D eigenvalue weighted by Crippen LogP contribution is 2.21. The van der Waals surface area contributed by atoms with Crippen LogP contribution in [0, 0.1) is 17.3 Å². The largest absolute Gasteiger partial charge is 0.463 e. The van der Waals surface area contributed by atoms with Crippen LogP contribution in [-0.2, 0) is 19.1 Å². The maximum atomic E-state index is 11.2. The summed E-state index contributed by atoms with van der Waals surface area (Å²) in [6.45, 7) is 7.49. The molecule has 0 amide bonds.